The monoisotopic (exact) mass is 338 g/mol. The molecule has 0 bridgehead atoms. The van der Waals surface area contributed by atoms with Gasteiger partial charge in [0.25, 0.3) is 0 Å². The van der Waals surface area contributed by atoms with Gasteiger partial charge in [-0.2, -0.15) is 0 Å². The van der Waals surface area contributed by atoms with Crippen LogP contribution in [0.1, 0.15) is 29.8 Å². The van der Waals surface area contributed by atoms with Gasteiger partial charge < -0.3 is 9.73 Å². The van der Waals surface area contributed by atoms with Gasteiger partial charge in [0, 0.05) is 11.3 Å². The summed E-state index contributed by atoms with van der Waals surface area (Å²) in [5.74, 6) is -1.08. The zero-order chi connectivity index (χ0) is 18.0. The maximum Gasteiger partial charge on any atom is 0.420 e. The zero-order valence-electron chi connectivity index (χ0n) is 14.0. The van der Waals surface area contributed by atoms with Crippen LogP contribution in [-0.2, 0) is 17.8 Å². The number of amides is 1. The van der Waals surface area contributed by atoms with Crippen molar-refractivity contribution in [1.29, 1.82) is 0 Å². The number of oxazole rings is 1. The first-order chi connectivity index (χ1) is 12.0. The molecule has 1 amide bonds. The van der Waals surface area contributed by atoms with Gasteiger partial charge in [-0.1, -0.05) is 19.1 Å². The number of nitrogens with zero attached hydrogens (tertiary/aromatic N) is 1. The van der Waals surface area contributed by atoms with Crippen LogP contribution in [0.25, 0.3) is 11.1 Å². The van der Waals surface area contributed by atoms with Crippen molar-refractivity contribution < 1.29 is 14.0 Å². The van der Waals surface area contributed by atoms with Gasteiger partial charge in [-0.3, -0.25) is 14.2 Å². The molecule has 25 heavy (non-hydrogen) atoms. The molecule has 1 aromatic heterocycles. The van der Waals surface area contributed by atoms with Crippen molar-refractivity contribution in [2.45, 2.75) is 26.8 Å². The van der Waals surface area contributed by atoms with Crippen molar-refractivity contribution >= 4 is 28.5 Å². The second-order valence-electron chi connectivity index (χ2n) is 5.79. The summed E-state index contributed by atoms with van der Waals surface area (Å²) in [6, 6.07) is 12.3. The minimum absolute atomic E-state index is 0.120. The fourth-order valence-corrected chi connectivity index (χ4v) is 2.60. The molecule has 1 N–H and O–H groups in total. The van der Waals surface area contributed by atoms with E-state index in [9.17, 15) is 14.4 Å². The van der Waals surface area contributed by atoms with Crippen molar-refractivity contribution in [2.75, 3.05) is 5.32 Å². The fourth-order valence-electron chi connectivity index (χ4n) is 2.60. The number of ketones is 1. The molecule has 0 saturated heterocycles. The molecule has 3 aromatic rings. The lowest BCUT2D eigenvalue weighted by Crippen LogP contribution is -2.24. The molecule has 6 nitrogen and oxygen atoms in total. The molecule has 0 saturated carbocycles. The summed E-state index contributed by atoms with van der Waals surface area (Å²) in [4.78, 5) is 35.7. The van der Waals surface area contributed by atoms with E-state index in [4.69, 9.17) is 4.42 Å². The van der Waals surface area contributed by atoms with Gasteiger partial charge in [-0.05, 0) is 49.2 Å². The highest BCUT2D eigenvalue weighted by atomic mass is 16.4. The number of rotatable bonds is 5. The van der Waals surface area contributed by atoms with Crippen molar-refractivity contribution in [1.82, 2.24) is 4.57 Å². The van der Waals surface area contributed by atoms with Crippen LogP contribution in [0.5, 0.6) is 0 Å². The van der Waals surface area contributed by atoms with Crippen LogP contribution in [-0.4, -0.2) is 16.3 Å². The second-order valence-corrected chi connectivity index (χ2v) is 5.79. The fraction of sp³-hybridized carbons (Fsp3) is 0.211. The maximum atomic E-state index is 12.2. The van der Waals surface area contributed by atoms with E-state index in [0.717, 1.165) is 6.42 Å². The molecular formula is C19H18N2O4. The molecule has 0 aliphatic rings. The number of fused-ring (bicyclic) bond motifs is 1. The van der Waals surface area contributed by atoms with E-state index < -0.39 is 5.76 Å². The Morgan fingerprint density at radius 3 is 2.48 bits per heavy atom. The first-order valence-corrected chi connectivity index (χ1v) is 8.01. The first kappa shape index (κ1) is 16.7. The highest BCUT2D eigenvalue weighted by Crippen LogP contribution is 2.16. The van der Waals surface area contributed by atoms with Crippen molar-refractivity contribution in [2.24, 2.45) is 0 Å². The lowest BCUT2D eigenvalue weighted by molar-refractivity contribution is -0.116. The largest absolute Gasteiger partial charge is 0.420 e. The zero-order valence-corrected chi connectivity index (χ0v) is 14.0. The Hall–Kier alpha value is -3.15. The van der Waals surface area contributed by atoms with Gasteiger partial charge in [-0.25, -0.2) is 4.79 Å². The molecule has 3 rings (SSSR count). The maximum absolute atomic E-state index is 12.2. The van der Waals surface area contributed by atoms with E-state index in [2.05, 4.69) is 12.2 Å². The highest BCUT2D eigenvalue weighted by molar-refractivity contribution is 5.97. The quantitative estimate of drug-likeness (QED) is 0.725. The molecule has 0 atom stereocenters. The third-order valence-electron chi connectivity index (χ3n) is 4.02. The predicted octanol–water partition coefficient (Wildman–Crippen LogP) is 3.00. The van der Waals surface area contributed by atoms with Crippen LogP contribution in [0.2, 0.25) is 0 Å². The van der Waals surface area contributed by atoms with Gasteiger partial charge in [0.15, 0.2) is 11.4 Å². The van der Waals surface area contributed by atoms with Crippen LogP contribution in [0, 0.1) is 0 Å². The molecule has 0 unspecified atom stereocenters. The Balaban J connectivity index is 1.81. The summed E-state index contributed by atoms with van der Waals surface area (Å²) in [6.45, 7) is 3.33. The van der Waals surface area contributed by atoms with E-state index >= 15 is 0 Å². The third-order valence-corrected chi connectivity index (χ3v) is 4.02. The van der Waals surface area contributed by atoms with Crippen molar-refractivity contribution in [3.63, 3.8) is 0 Å². The van der Waals surface area contributed by atoms with Gasteiger partial charge in [0.2, 0.25) is 5.91 Å². The Labute approximate surface area is 144 Å². The molecule has 6 heteroatoms. The van der Waals surface area contributed by atoms with Crippen molar-refractivity contribution in [3.8, 4) is 0 Å². The van der Waals surface area contributed by atoms with Crippen LogP contribution in [0.3, 0.4) is 0 Å². The smallest absolute Gasteiger partial charge is 0.408 e. The Morgan fingerprint density at radius 2 is 1.84 bits per heavy atom. The number of Topliss-reactive ketones (excluding diaryl/α,β-unsaturated/α-hetero) is 1. The average Bonchev–Trinajstić information content (AvgIpc) is 2.90. The number of carbonyl (C=O) groups is 2. The standard InChI is InChI=1S/C19H18N2O4/c1-3-13-4-7-15(8-5-13)20-18(23)11-21-16-9-6-14(12(2)22)10-17(16)25-19(21)24/h4-10H,3,11H2,1-2H3,(H,20,23). The summed E-state index contributed by atoms with van der Waals surface area (Å²) in [5, 5.41) is 2.76. The Morgan fingerprint density at radius 1 is 1.12 bits per heavy atom. The molecule has 128 valence electrons. The van der Waals surface area contributed by atoms with Crippen molar-refractivity contribution in [3.05, 3.63) is 64.1 Å². The van der Waals surface area contributed by atoms with E-state index in [1.807, 2.05) is 24.3 Å². The van der Waals surface area contributed by atoms with E-state index in [1.165, 1.54) is 23.1 Å². The average molecular weight is 338 g/mol. The number of nitrogens with one attached hydrogen (secondary N) is 1. The topological polar surface area (TPSA) is 81.3 Å². The number of benzene rings is 2. The van der Waals surface area contributed by atoms with Crippen LogP contribution in [0.4, 0.5) is 5.69 Å². The second kappa shape index (κ2) is 6.76. The lowest BCUT2D eigenvalue weighted by Gasteiger charge is -2.06. The molecule has 2 aromatic carbocycles. The lowest BCUT2D eigenvalue weighted by atomic mass is 10.1. The Bertz CT molecular complexity index is 996. The molecule has 0 aliphatic carbocycles. The normalized spacial score (nSPS) is 10.8. The van der Waals surface area contributed by atoms with Crippen LogP contribution in [0.15, 0.2) is 51.7 Å². The summed E-state index contributed by atoms with van der Waals surface area (Å²) in [7, 11) is 0. The molecule has 0 radical (unpaired) electrons. The third kappa shape index (κ3) is 3.52. The van der Waals surface area contributed by atoms with Gasteiger partial charge in [0.05, 0.1) is 5.52 Å². The summed E-state index contributed by atoms with van der Waals surface area (Å²) < 4.78 is 6.39. The van der Waals surface area contributed by atoms with Gasteiger partial charge in [-0.15, -0.1) is 0 Å². The number of hydrogen-bond donors (Lipinski definition) is 1. The summed E-state index contributed by atoms with van der Waals surface area (Å²) in [5.41, 5.74) is 3.07. The molecule has 0 aliphatic heterocycles. The SMILES string of the molecule is CCc1ccc(NC(=O)Cn2c(=O)oc3cc(C(C)=O)ccc32)cc1. The van der Waals surface area contributed by atoms with E-state index in [0.29, 0.717) is 16.8 Å². The number of anilines is 1. The minimum atomic E-state index is -0.632. The first-order valence-electron chi connectivity index (χ1n) is 8.01. The molecule has 0 spiro atoms. The highest BCUT2D eigenvalue weighted by Gasteiger charge is 2.14. The predicted molar refractivity (Wildman–Crippen MR) is 94.9 cm³/mol. The minimum Gasteiger partial charge on any atom is -0.408 e. The van der Waals surface area contributed by atoms with Crippen LogP contribution >= 0.6 is 0 Å². The number of aromatic nitrogens is 1. The number of hydrogen-bond acceptors (Lipinski definition) is 4. The molecular weight excluding hydrogens is 320 g/mol. The summed E-state index contributed by atoms with van der Waals surface area (Å²) >= 11 is 0. The molecule has 0 fully saturated rings. The molecule has 1 heterocycles. The Kier molecular flexibility index (Phi) is 4.52. The van der Waals surface area contributed by atoms with Gasteiger partial charge in [0.1, 0.15) is 6.54 Å². The summed E-state index contributed by atoms with van der Waals surface area (Å²) in [6.07, 6.45) is 0.923. The number of carbonyl (C=O) groups excluding carboxylic acids is 2. The number of aryl methyl sites for hydroxylation is 1. The van der Waals surface area contributed by atoms with E-state index in [1.54, 1.807) is 12.1 Å². The van der Waals surface area contributed by atoms with Gasteiger partial charge >= 0.3 is 5.76 Å². The van der Waals surface area contributed by atoms with Crippen LogP contribution < -0.4 is 11.1 Å². The van der Waals surface area contributed by atoms with E-state index in [-0.39, 0.29) is 23.8 Å².